The lowest BCUT2D eigenvalue weighted by Gasteiger charge is -2.22. The molecule has 1 aromatic rings. The van der Waals surface area contributed by atoms with E-state index >= 15 is 0 Å². The molecule has 0 saturated carbocycles. The van der Waals surface area contributed by atoms with Gasteiger partial charge in [0.15, 0.2) is 0 Å². The Balaban J connectivity index is 2.69. The van der Waals surface area contributed by atoms with Crippen molar-refractivity contribution in [2.24, 2.45) is 5.73 Å². The minimum atomic E-state index is 0.659. The second-order valence-electron chi connectivity index (χ2n) is 3.65. The topological polar surface area (TPSA) is 55.0 Å². The van der Waals surface area contributed by atoms with Gasteiger partial charge in [0.1, 0.15) is 12.1 Å². The van der Waals surface area contributed by atoms with Crippen LogP contribution in [0.5, 0.6) is 0 Å². The Kier molecular flexibility index (Phi) is 5.04. The molecule has 0 spiro atoms. The highest BCUT2D eigenvalue weighted by Crippen LogP contribution is 2.10. The van der Waals surface area contributed by atoms with E-state index in [-0.39, 0.29) is 0 Å². The van der Waals surface area contributed by atoms with Crippen molar-refractivity contribution in [3.63, 3.8) is 0 Å². The van der Waals surface area contributed by atoms with E-state index in [0.717, 1.165) is 24.6 Å². The molecule has 0 bridgehead atoms. The van der Waals surface area contributed by atoms with Crippen molar-refractivity contribution >= 4 is 5.82 Å². The zero-order chi connectivity index (χ0) is 11.1. The zero-order valence-electron chi connectivity index (χ0n) is 9.61. The Morgan fingerprint density at radius 1 is 1.33 bits per heavy atom. The van der Waals surface area contributed by atoms with Gasteiger partial charge in [0, 0.05) is 31.4 Å². The molecule has 0 amide bonds. The molecule has 0 aromatic carbocycles. The van der Waals surface area contributed by atoms with E-state index in [9.17, 15) is 0 Å². The van der Waals surface area contributed by atoms with E-state index in [1.54, 1.807) is 6.33 Å². The molecule has 0 aliphatic heterocycles. The molecule has 15 heavy (non-hydrogen) atoms. The van der Waals surface area contributed by atoms with Crippen molar-refractivity contribution in [2.45, 2.75) is 26.7 Å². The minimum Gasteiger partial charge on any atom is -0.355 e. The number of nitrogens with two attached hydrogens (primary N) is 1. The summed E-state index contributed by atoms with van der Waals surface area (Å²) in [5.74, 6) is 0.987. The average Bonchev–Trinajstić information content (AvgIpc) is 2.24. The van der Waals surface area contributed by atoms with Gasteiger partial charge in [-0.2, -0.15) is 0 Å². The van der Waals surface area contributed by atoms with Crippen molar-refractivity contribution in [1.29, 1.82) is 0 Å². The van der Waals surface area contributed by atoms with E-state index in [0.29, 0.717) is 6.54 Å². The molecule has 84 valence electrons. The smallest absolute Gasteiger partial charge is 0.132 e. The lowest BCUT2D eigenvalue weighted by molar-refractivity contribution is 0.706. The molecule has 0 aliphatic rings. The summed E-state index contributed by atoms with van der Waals surface area (Å²) in [6.07, 6.45) is 3.97. The molecule has 4 nitrogen and oxygen atoms in total. The van der Waals surface area contributed by atoms with Crippen LogP contribution in [-0.2, 0) is 0 Å². The van der Waals surface area contributed by atoms with Gasteiger partial charge in [-0.15, -0.1) is 0 Å². The number of hydrogen-bond acceptors (Lipinski definition) is 4. The number of unbranched alkanes of at least 4 members (excludes halogenated alkanes) is 1. The lowest BCUT2D eigenvalue weighted by atomic mass is 10.3. The molecular formula is C11H20N4. The van der Waals surface area contributed by atoms with Crippen molar-refractivity contribution < 1.29 is 0 Å². The van der Waals surface area contributed by atoms with Crippen LogP contribution in [0.25, 0.3) is 0 Å². The molecule has 1 heterocycles. The molecule has 0 radical (unpaired) electrons. The molecule has 0 atom stereocenters. The van der Waals surface area contributed by atoms with Crippen molar-refractivity contribution in [3.05, 3.63) is 18.1 Å². The molecular weight excluding hydrogens is 188 g/mol. The molecule has 1 rings (SSSR count). The van der Waals surface area contributed by atoms with E-state index in [1.807, 2.05) is 13.0 Å². The number of aromatic nitrogens is 2. The minimum absolute atomic E-state index is 0.659. The standard InChI is InChI=1S/C11H20N4/c1-3-4-6-15(7-5-12)11-8-10(2)13-9-14-11/h8-9H,3-7,12H2,1-2H3. The van der Waals surface area contributed by atoms with Gasteiger partial charge in [-0.3, -0.25) is 0 Å². The largest absolute Gasteiger partial charge is 0.355 e. The number of hydrogen-bond donors (Lipinski definition) is 1. The van der Waals surface area contributed by atoms with Crippen molar-refractivity contribution in [2.75, 3.05) is 24.5 Å². The number of aryl methyl sites for hydroxylation is 1. The highest BCUT2D eigenvalue weighted by Gasteiger charge is 2.06. The fourth-order valence-corrected chi connectivity index (χ4v) is 1.46. The van der Waals surface area contributed by atoms with Crippen LogP contribution in [0.15, 0.2) is 12.4 Å². The van der Waals surface area contributed by atoms with Gasteiger partial charge in [-0.25, -0.2) is 9.97 Å². The fourth-order valence-electron chi connectivity index (χ4n) is 1.46. The van der Waals surface area contributed by atoms with Gasteiger partial charge >= 0.3 is 0 Å². The van der Waals surface area contributed by atoms with Gasteiger partial charge in [0.25, 0.3) is 0 Å². The van der Waals surface area contributed by atoms with E-state index < -0.39 is 0 Å². The maximum absolute atomic E-state index is 5.59. The third kappa shape index (κ3) is 3.83. The first kappa shape index (κ1) is 11.9. The van der Waals surface area contributed by atoms with Crippen LogP contribution < -0.4 is 10.6 Å². The van der Waals surface area contributed by atoms with Crippen LogP contribution in [-0.4, -0.2) is 29.6 Å². The quantitative estimate of drug-likeness (QED) is 0.766. The van der Waals surface area contributed by atoms with Gasteiger partial charge in [-0.1, -0.05) is 13.3 Å². The van der Waals surface area contributed by atoms with Gasteiger partial charge in [0.2, 0.25) is 0 Å². The van der Waals surface area contributed by atoms with Crippen LogP contribution in [0.4, 0.5) is 5.82 Å². The fraction of sp³-hybridized carbons (Fsp3) is 0.636. The SMILES string of the molecule is CCCCN(CCN)c1cc(C)ncn1. The maximum Gasteiger partial charge on any atom is 0.132 e. The Hall–Kier alpha value is -1.16. The van der Waals surface area contributed by atoms with Gasteiger partial charge in [-0.05, 0) is 13.3 Å². The number of rotatable bonds is 6. The third-order valence-corrected chi connectivity index (χ3v) is 2.29. The summed E-state index contributed by atoms with van der Waals surface area (Å²) >= 11 is 0. The third-order valence-electron chi connectivity index (χ3n) is 2.29. The second-order valence-corrected chi connectivity index (χ2v) is 3.65. The van der Waals surface area contributed by atoms with Crippen LogP contribution in [0.2, 0.25) is 0 Å². The molecule has 0 unspecified atom stereocenters. The van der Waals surface area contributed by atoms with Crippen molar-refractivity contribution in [1.82, 2.24) is 9.97 Å². The Morgan fingerprint density at radius 3 is 2.73 bits per heavy atom. The molecule has 4 heteroatoms. The molecule has 0 aliphatic carbocycles. The molecule has 0 fully saturated rings. The first-order valence-corrected chi connectivity index (χ1v) is 5.51. The monoisotopic (exact) mass is 208 g/mol. The van der Waals surface area contributed by atoms with E-state index in [4.69, 9.17) is 5.73 Å². The van der Waals surface area contributed by atoms with Crippen LogP contribution in [0, 0.1) is 6.92 Å². The van der Waals surface area contributed by atoms with Crippen molar-refractivity contribution in [3.8, 4) is 0 Å². The first-order chi connectivity index (χ1) is 7.27. The first-order valence-electron chi connectivity index (χ1n) is 5.51. The maximum atomic E-state index is 5.59. The lowest BCUT2D eigenvalue weighted by Crippen LogP contribution is -2.31. The predicted molar refractivity (Wildman–Crippen MR) is 62.9 cm³/mol. The molecule has 2 N–H and O–H groups in total. The van der Waals surface area contributed by atoms with Crippen LogP contribution in [0.3, 0.4) is 0 Å². The number of anilines is 1. The highest BCUT2D eigenvalue weighted by atomic mass is 15.2. The van der Waals surface area contributed by atoms with Crippen LogP contribution >= 0.6 is 0 Å². The summed E-state index contributed by atoms with van der Waals surface area (Å²) < 4.78 is 0. The Labute approximate surface area is 91.5 Å². The summed E-state index contributed by atoms with van der Waals surface area (Å²) in [6, 6.07) is 2.01. The highest BCUT2D eigenvalue weighted by molar-refractivity contribution is 5.38. The molecule has 1 aromatic heterocycles. The second kappa shape index (κ2) is 6.35. The summed E-state index contributed by atoms with van der Waals surface area (Å²) in [5.41, 5.74) is 6.59. The Morgan fingerprint density at radius 2 is 2.13 bits per heavy atom. The normalized spacial score (nSPS) is 10.3. The molecule has 0 saturated heterocycles. The van der Waals surface area contributed by atoms with Gasteiger partial charge < -0.3 is 10.6 Å². The number of nitrogens with zero attached hydrogens (tertiary/aromatic N) is 3. The Bertz CT molecular complexity index is 288. The van der Waals surface area contributed by atoms with E-state index in [1.165, 1.54) is 12.8 Å². The predicted octanol–water partition coefficient (Wildman–Crippen LogP) is 1.35. The summed E-state index contributed by atoms with van der Waals surface area (Å²) in [5, 5.41) is 0. The summed E-state index contributed by atoms with van der Waals surface area (Å²) in [6.45, 7) is 6.70. The van der Waals surface area contributed by atoms with E-state index in [2.05, 4.69) is 21.8 Å². The summed E-state index contributed by atoms with van der Waals surface area (Å²) in [7, 11) is 0. The zero-order valence-corrected chi connectivity index (χ0v) is 9.61. The van der Waals surface area contributed by atoms with Gasteiger partial charge in [0.05, 0.1) is 0 Å². The average molecular weight is 208 g/mol. The summed E-state index contributed by atoms with van der Waals surface area (Å²) in [4.78, 5) is 10.6. The van der Waals surface area contributed by atoms with Crippen LogP contribution in [0.1, 0.15) is 25.5 Å².